The quantitative estimate of drug-likeness (QED) is 0.358. The molecule has 0 spiro atoms. The smallest absolute Gasteiger partial charge is 0.274 e. The van der Waals surface area contributed by atoms with Crippen LogP contribution >= 0.6 is 0 Å². The van der Waals surface area contributed by atoms with Gasteiger partial charge in [-0.25, -0.2) is 10.2 Å². The molecule has 1 aromatic rings. The Balaban J connectivity index is 2.88. The molecule has 0 saturated heterocycles. The summed E-state index contributed by atoms with van der Waals surface area (Å²) < 4.78 is 18.8. The molecule has 0 aromatic heterocycles. The van der Waals surface area contributed by atoms with Crippen molar-refractivity contribution < 1.29 is 18.7 Å². The highest BCUT2D eigenvalue weighted by Crippen LogP contribution is 2.19. The molecule has 1 rings (SSSR count). The molecule has 0 bridgehead atoms. The summed E-state index contributed by atoms with van der Waals surface area (Å²) in [5.41, 5.74) is 1.95. The van der Waals surface area contributed by atoms with E-state index >= 15 is 0 Å². The number of ketones is 1. The van der Waals surface area contributed by atoms with Crippen molar-refractivity contribution in [2.75, 3.05) is 0 Å². The first-order valence-electron chi connectivity index (χ1n) is 5.47. The number of carbonyl (C=O) groups is 2. The first-order chi connectivity index (χ1) is 8.49. The molecule has 0 aliphatic carbocycles. The van der Waals surface area contributed by atoms with E-state index in [-0.39, 0.29) is 17.1 Å². The van der Waals surface area contributed by atoms with Crippen molar-refractivity contribution in [2.24, 2.45) is 5.84 Å². The van der Waals surface area contributed by atoms with Crippen LogP contribution in [0.15, 0.2) is 18.2 Å². The molecular formula is C12H15FN2O3. The number of rotatable bonds is 5. The van der Waals surface area contributed by atoms with Gasteiger partial charge in [0.2, 0.25) is 0 Å². The van der Waals surface area contributed by atoms with E-state index in [4.69, 9.17) is 10.6 Å². The molecule has 0 radical (unpaired) electrons. The van der Waals surface area contributed by atoms with Crippen LogP contribution < -0.4 is 16.0 Å². The Kier molecular flexibility index (Phi) is 4.79. The standard InChI is InChI=1S/C12H15FN2O3/c1-3-11(12(17)15-14)18-8-4-5-9(7(2)16)10(13)6-8/h4-6,11H,3,14H2,1-2H3,(H,15,17). The number of hydrogen-bond acceptors (Lipinski definition) is 4. The second kappa shape index (κ2) is 6.11. The number of hydrazine groups is 1. The fraction of sp³-hybridized carbons (Fsp3) is 0.333. The highest BCUT2D eigenvalue weighted by Gasteiger charge is 2.18. The SMILES string of the molecule is CCC(Oc1ccc(C(C)=O)c(F)c1)C(=O)NN. The summed E-state index contributed by atoms with van der Waals surface area (Å²) in [6.07, 6.45) is -0.406. The van der Waals surface area contributed by atoms with E-state index in [2.05, 4.69) is 0 Å². The number of nitrogens with one attached hydrogen (secondary N) is 1. The molecule has 98 valence electrons. The monoisotopic (exact) mass is 254 g/mol. The molecule has 0 aliphatic rings. The summed E-state index contributed by atoms with van der Waals surface area (Å²) in [7, 11) is 0. The fourth-order valence-electron chi connectivity index (χ4n) is 1.43. The number of ether oxygens (including phenoxy) is 1. The van der Waals surface area contributed by atoms with Crippen LogP contribution in [0.1, 0.15) is 30.6 Å². The van der Waals surface area contributed by atoms with E-state index in [0.29, 0.717) is 6.42 Å². The summed E-state index contributed by atoms with van der Waals surface area (Å²) in [4.78, 5) is 22.3. The van der Waals surface area contributed by atoms with Crippen LogP contribution in [0.2, 0.25) is 0 Å². The third kappa shape index (κ3) is 3.27. The summed E-state index contributed by atoms with van der Waals surface area (Å²) in [6, 6.07) is 3.83. The van der Waals surface area contributed by atoms with Gasteiger partial charge in [0.25, 0.3) is 5.91 Å². The number of Topliss-reactive ketones (excluding diaryl/α,β-unsaturated/α-hetero) is 1. The average Bonchev–Trinajstić information content (AvgIpc) is 2.34. The maximum Gasteiger partial charge on any atom is 0.274 e. The summed E-state index contributed by atoms with van der Waals surface area (Å²) in [5, 5.41) is 0. The molecule has 0 aliphatic heterocycles. The van der Waals surface area contributed by atoms with Crippen LogP contribution in [0, 0.1) is 5.82 Å². The Morgan fingerprint density at radius 1 is 1.50 bits per heavy atom. The second-order valence-corrected chi connectivity index (χ2v) is 3.72. The molecule has 1 atom stereocenters. The normalized spacial score (nSPS) is 11.8. The van der Waals surface area contributed by atoms with Gasteiger partial charge < -0.3 is 4.74 Å². The van der Waals surface area contributed by atoms with Crippen molar-refractivity contribution in [3.05, 3.63) is 29.6 Å². The number of halogens is 1. The highest BCUT2D eigenvalue weighted by atomic mass is 19.1. The number of carbonyl (C=O) groups excluding carboxylic acids is 2. The minimum atomic E-state index is -0.794. The summed E-state index contributed by atoms with van der Waals surface area (Å²) in [6.45, 7) is 3.01. The maximum atomic E-state index is 13.5. The van der Waals surface area contributed by atoms with Crippen LogP contribution in [-0.4, -0.2) is 17.8 Å². The van der Waals surface area contributed by atoms with Gasteiger partial charge in [-0.05, 0) is 25.5 Å². The van der Waals surface area contributed by atoms with Gasteiger partial charge in [0.05, 0.1) is 5.56 Å². The minimum absolute atomic E-state index is 0.0151. The Hall–Kier alpha value is -1.95. The van der Waals surface area contributed by atoms with Crippen LogP contribution in [-0.2, 0) is 4.79 Å². The van der Waals surface area contributed by atoms with Crippen LogP contribution in [0.5, 0.6) is 5.75 Å². The molecule has 1 aromatic carbocycles. The Morgan fingerprint density at radius 3 is 2.61 bits per heavy atom. The van der Waals surface area contributed by atoms with E-state index in [0.717, 1.165) is 6.07 Å². The van der Waals surface area contributed by atoms with E-state index in [9.17, 15) is 14.0 Å². The van der Waals surface area contributed by atoms with Crippen molar-refractivity contribution in [3.8, 4) is 5.75 Å². The lowest BCUT2D eigenvalue weighted by molar-refractivity contribution is -0.128. The zero-order valence-electron chi connectivity index (χ0n) is 10.2. The Bertz CT molecular complexity index is 463. The zero-order valence-corrected chi connectivity index (χ0v) is 10.2. The van der Waals surface area contributed by atoms with E-state index < -0.39 is 17.8 Å². The second-order valence-electron chi connectivity index (χ2n) is 3.72. The molecule has 18 heavy (non-hydrogen) atoms. The topological polar surface area (TPSA) is 81.4 Å². The molecule has 0 fully saturated rings. The summed E-state index contributed by atoms with van der Waals surface area (Å²) >= 11 is 0. The van der Waals surface area contributed by atoms with Gasteiger partial charge in [0.1, 0.15) is 11.6 Å². The van der Waals surface area contributed by atoms with Crippen molar-refractivity contribution in [2.45, 2.75) is 26.4 Å². The van der Waals surface area contributed by atoms with Gasteiger partial charge in [-0.3, -0.25) is 15.0 Å². The van der Waals surface area contributed by atoms with E-state index in [1.807, 2.05) is 5.43 Å². The van der Waals surface area contributed by atoms with Crippen LogP contribution in [0.25, 0.3) is 0 Å². The van der Waals surface area contributed by atoms with Gasteiger partial charge >= 0.3 is 0 Å². The number of benzene rings is 1. The first-order valence-corrected chi connectivity index (χ1v) is 5.47. The number of hydrogen-bond donors (Lipinski definition) is 2. The molecular weight excluding hydrogens is 239 g/mol. The minimum Gasteiger partial charge on any atom is -0.480 e. The predicted molar refractivity (Wildman–Crippen MR) is 63.4 cm³/mol. The molecule has 0 saturated carbocycles. The molecule has 1 amide bonds. The lowest BCUT2D eigenvalue weighted by Crippen LogP contribution is -2.41. The molecule has 0 heterocycles. The Morgan fingerprint density at radius 2 is 2.17 bits per heavy atom. The van der Waals surface area contributed by atoms with Crippen molar-refractivity contribution in [3.63, 3.8) is 0 Å². The molecule has 5 nitrogen and oxygen atoms in total. The van der Waals surface area contributed by atoms with E-state index in [1.165, 1.54) is 19.1 Å². The lowest BCUT2D eigenvalue weighted by atomic mass is 10.1. The zero-order chi connectivity index (χ0) is 13.7. The molecule has 1 unspecified atom stereocenters. The third-order valence-electron chi connectivity index (χ3n) is 2.40. The van der Waals surface area contributed by atoms with E-state index in [1.54, 1.807) is 6.92 Å². The van der Waals surface area contributed by atoms with Gasteiger partial charge in [-0.15, -0.1) is 0 Å². The van der Waals surface area contributed by atoms with Gasteiger partial charge in [-0.1, -0.05) is 6.92 Å². The number of nitrogens with two attached hydrogens (primary N) is 1. The lowest BCUT2D eigenvalue weighted by Gasteiger charge is -2.16. The molecule has 3 N–H and O–H groups in total. The maximum absolute atomic E-state index is 13.5. The van der Waals surface area contributed by atoms with Crippen molar-refractivity contribution >= 4 is 11.7 Å². The van der Waals surface area contributed by atoms with Crippen molar-refractivity contribution in [1.29, 1.82) is 0 Å². The average molecular weight is 254 g/mol. The number of amides is 1. The molecule has 6 heteroatoms. The van der Waals surface area contributed by atoms with Gasteiger partial charge in [-0.2, -0.15) is 0 Å². The summed E-state index contributed by atoms with van der Waals surface area (Å²) in [5.74, 6) is 3.63. The fourth-order valence-corrected chi connectivity index (χ4v) is 1.43. The van der Waals surface area contributed by atoms with Crippen LogP contribution in [0.4, 0.5) is 4.39 Å². The first kappa shape index (κ1) is 14.1. The van der Waals surface area contributed by atoms with Crippen LogP contribution in [0.3, 0.4) is 0 Å². The largest absolute Gasteiger partial charge is 0.480 e. The van der Waals surface area contributed by atoms with Gasteiger partial charge in [0, 0.05) is 6.07 Å². The van der Waals surface area contributed by atoms with Crippen molar-refractivity contribution in [1.82, 2.24) is 5.43 Å². The predicted octanol–water partition coefficient (Wildman–Crippen LogP) is 1.18. The Labute approximate surface area is 104 Å². The van der Waals surface area contributed by atoms with Gasteiger partial charge in [0.15, 0.2) is 11.9 Å². The highest BCUT2D eigenvalue weighted by molar-refractivity contribution is 5.94. The third-order valence-corrected chi connectivity index (χ3v) is 2.40.